The maximum absolute atomic E-state index is 12.4. The van der Waals surface area contributed by atoms with Crippen molar-refractivity contribution in [3.05, 3.63) is 63.3 Å². The summed E-state index contributed by atoms with van der Waals surface area (Å²) in [6.45, 7) is 1.93. The summed E-state index contributed by atoms with van der Waals surface area (Å²) in [6.07, 6.45) is 0. The Morgan fingerprint density at radius 2 is 1.89 bits per heavy atom. The summed E-state index contributed by atoms with van der Waals surface area (Å²) in [7, 11) is -1.99. The van der Waals surface area contributed by atoms with E-state index in [-0.39, 0.29) is 11.3 Å². The molecule has 0 unspecified atom stereocenters. The minimum atomic E-state index is -3.60. The number of benzene rings is 2. The van der Waals surface area contributed by atoms with Crippen molar-refractivity contribution < 1.29 is 13.2 Å². The van der Waals surface area contributed by atoms with Crippen molar-refractivity contribution >= 4 is 42.3 Å². The van der Waals surface area contributed by atoms with E-state index >= 15 is 0 Å². The Morgan fingerprint density at radius 3 is 2.54 bits per heavy atom. The molecule has 6 nitrogen and oxygen atoms in total. The number of ether oxygens (including phenoxy) is 1. The van der Waals surface area contributed by atoms with Gasteiger partial charge in [-0.1, -0.05) is 24.3 Å². The monoisotopic (exact) mass is 414 g/mol. The van der Waals surface area contributed by atoms with Gasteiger partial charge in [-0.3, -0.25) is 4.79 Å². The van der Waals surface area contributed by atoms with Crippen LogP contribution in [-0.4, -0.2) is 20.5 Å². The second kappa shape index (κ2) is 6.73. The molecule has 28 heavy (non-hydrogen) atoms. The summed E-state index contributed by atoms with van der Waals surface area (Å²) in [5.41, 5.74) is 3.88. The van der Waals surface area contributed by atoms with Crippen LogP contribution in [-0.2, 0) is 15.8 Å². The average molecular weight is 415 g/mol. The third-order valence-corrected chi connectivity index (χ3v) is 6.35. The van der Waals surface area contributed by atoms with Gasteiger partial charge in [0.2, 0.25) is 10.0 Å². The number of sulfonamides is 1. The van der Waals surface area contributed by atoms with Crippen molar-refractivity contribution in [3.8, 4) is 16.9 Å². The number of hydrogen-bond donors (Lipinski definition) is 2. The molecule has 4 aromatic rings. The SMILES string of the molecule is COc1cc(C)c2[nH]c(=O)c3sccc3c2c1-c1ccc(CS(N)(=O)=O)cc1. The first-order valence-electron chi connectivity index (χ1n) is 8.49. The average Bonchev–Trinajstić information content (AvgIpc) is 3.12. The number of nitrogens with two attached hydrogens (primary N) is 1. The topological polar surface area (TPSA) is 102 Å². The second-order valence-electron chi connectivity index (χ2n) is 6.64. The first kappa shape index (κ1) is 18.7. The molecule has 4 rings (SSSR count). The van der Waals surface area contributed by atoms with E-state index < -0.39 is 10.0 Å². The van der Waals surface area contributed by atoms with Crippen molar-refractivity contribution in [2.24, 2.45) is 5.14 Å². The highest BCUT2D eigenvalue weighted by atomic mass is 32.2. The van der Waals surface area contributed by atoms with Gasteiger partial charge in [-0.2, -0.15) is 0 Å². The predicted octanol–water partition coefficient (Wildman–Crippen LogP) is 3.52. The number of pyridine rings is 1. The van der Waals surface area contributed by atoms with E-state index in [1.165, 1.54) is 11.3 Å². The van der Waals surface area contributed by atoms with Crippen molar-refractivity contribution in [3.63, 3.8) is 0 Å². The lowest BCUT2D eigenvalue weighted by molar-refractivity contribution is 0.416. The Kier molecular flexibility index (Phi) is 4.49. The maximum atomic E-state index is 12.4. The smallest absolute Gasteiger partial charge is 0.266 e. The number of nitrogens with one attached hydrogen (secondary N) is 1. The van der Waals surface area contributed by atoms with Crippen molar-refractivity contribution in [2.45, 2.75) is 12.7 Å². The number of aromatic amines is 1. The van der Waals surface area contributed by atoms with Crippen LogP contribution in [0.1, 0.15) is 11.1 Å². The van der Waals surface area contributed by atoms with Gasteiger partial charge in [0.05, 0.1) is 18.4 Å². The van der Waals surface area contributed by atoms with E-state index in [0.717, 1.165) is 33.0 Å². The molecule has 2 aromatic heterocycles. The molecule has 0 atom stereocenters. The molecular weight excluding hydrogens is 396 g/mol. The molecule has 0 aliphatic rings. The van der Waals surface area contributed by atoms with E-state index in [1.54, 1.807) is 19.2 Å². The molecule has 0 bridgehead atoms. The summed E-state index contributed by atoms with van der Waals surface area (Å²) in [5.74, 6) is 0.463. The first-order chi connectivity index (χ1) is 13.3. The fraction of sp³-hybridized carbons (Fsp3) is 0.150. The van der Waals surface area contributed by atoms with Gasteiger partial charge in [-0.05, 0) is 41.1 Å². The fourth-order valence-electron chi connectivity index (χ4n) is 3.52. The molecule has 0 spiro atoms. The van der Waals surface area contributed by atoms with Crippen LogP contribution in [0.5, 0.6) is 5.75 Å². The molecule has 0 radical (unpaired) electrons. The second-order valence-corrected chi connectivity index (χ2v) is 9.17. The van der Waals surface area contributed by atoms with Crippen LogP contribution < -0.4 is 15.4 Å². The summed E-state index contributed by atoms with van der Waals surface area (Å²) in [6, 6.07) is 11.0. The van der Waals surface area contributed by atoms with Gasteiger partial charge < -0.3 is 9.72 Å². The number of aryl methyl sites for hydroxylation is 1. The highest BCUT2D eigenvalue weighted by molar-refractivity contribution is 7.88. The minimum absolute atomic E-state index is 0.111. The van der Waals surface area contributed by atoms with Crippen LogP contribution >= 0.6 is 11.3 Å². The number of thiophene rings is 1. The predicted molar refractivity (Wildman–Crippen MR) is 113 cm³/mol. The van der Waals surface area contributed by atoms with Gasteiger partial charge in [0, 0.05) is 16.3 Å². The number of aromatic nitrogens is 1. The normalized spacial score (nSPS) is 12.0. The number of hydrogen-bond acceptors (Lipinski definition) is 5. The van der Waals surface area contributed by atoms with Crippen LogP contribution in [0.4, 0.5) is 0 Å². The largest absolute Gasteiger partial charge is 0.496 e. The Hall–Kier alpha value is -2.68. The number of H-pyrrole nitrogens is 1. The van der Waals surface area contributed by atoms with Crippen LogP contribution in [0.15, 0.2) is 46.6 Å². The van der Waals surface area contributed by atoms with Crippen LogP contribution in [0.25, 0.3) is 32.1 Å². The lowest BCUT2D eigenvalue weighted by atomic mass is 9.94. The highest BCUT2D eigenvalue weighted by Crippen LogP contribution is 2.41. The van der Waals surface area contributed by atoms with Crippen LogP contribution in [0.2, 0.25) is 0 Å². The third kappa shape index (κ3) is 3.19. The third-order valence-electron chi connectivity index (χ3n) is 4.70. The van der Waals surface area contributed by atoms with Gasteiger partial charge in [-0.15, -0.1) is 11.3 Å². The van der Waals surface area contributed by atoms with Gasteiger partial charge in [0.15, 0.2) is 0 Å². The molecule has 8 heteroatoms. The molecule has 2 aromatic carbocycles. The molecule has 144 valence electrons. The molecule has 0 saturated carbocycles. The first-order valence-corrected chi connectivity index (χ1v) is 11.1. The zero-order chi connectivity index (χ0) is 20.1. The van der Waals surface area contributed by atoms with Crippen molar-refractivity contribution in [1.29, 1.82) is 0 Å². The molecule has 2 heterocycles. The zero-order valence-corrected chi connectivity index (χ0v) is 16.9. The molecule has 3 N–H and O–H groups in total. The maximum Gasteiger partial charge on any atom is 0.266 e. The molecule has 0 amide bonds. The molecular formula is C20H18N2O4S2. The Bertz CT molecular complexity index is 1370. The number of rotatable bonds is 4. The Morgan fingerprint density at radius 1 is 1.18 bits per heavy atom. The number of fused-ring (bicyclic) bond motifs is 3. The molecule has 0 fully saturated rings. The number of primary sulfonamides is 1. The van der Waals surface area contributed by atoms with E-state index in [0.29, 0.717) is 16.0 Å². The van der Waals surface area contributed by atoms with Crippen LogP contribution in [0, 0.1) is 6.92 Å². The van der Waals surface area contributed by atoms with E-state index in [1.807, 2.05) is 36.6 Å². The fourth-order valence-corrected chi connectivity index (χ4v) is 4.97. The molecule has 0 saturated heterocycles. The molecule has 0 aliphatic heterocycles. The van der Waals surface area contributed by atoms with E-state index in [9.17, 15) is 13.2 Å². The number of methoxy groups -OCH3 is 1. The summed E-state index contributed by atoms with van der Waals surface area (Å²) < 4.78 is 29.0. The standard InChI is InChI=1S/C20H18N2O4S2/c1-11-9-15(26-2)16(13-5-3-12(4-6-13)10-28(21,24)25)17-14-7-8-27-19(14)20(23)22-18(11)17/h3-9H,10H2,1-2H3,(H,22,23)(H2,21,24,25). The van der Waals surface area contributed by atoms with Crippen LogP contribution in [0.3, 0.4) is 0 Å². The quantitative estimate of drug-likeness (QED) is 0.533. The van der Waals surface area contributed by atoms with Gasteiger partial charge in [0.25, 0.3) is 5.56 Å². The highest BCUT2D eigenvalue weighted by Gasteiger charge is 2.18. The zero-order valence-electron chi connectivity index (χ0n) is 15.3. The van der Waals surface area contributed by atoms with Gasteiger partial charge in [-0.25, -0.2) is 13.6 Å². The van der Waals surface area contributed by atoms with Gasteiger partial charge >= 0.3 is 0 Å². The van der Waals surface area contributed by atoms with Crippen molar-refractivity contribution in [2.75, 3.05) is 7.11 Å². The summed E-state index contributed by atoms with van der Waals surface area (Å²) in [5, 5.41) is 8.81. The van der Waals surface area contributed by atoms with Crippen molar-refractivity contribution in [1.82, 2.24) is 4.98 Å². The summed E-state index contributed by atoms with van der Waals surface area (Å²) >= 11 is 1.40. The Balaban J connectivity index is 2.04. The van der Waals surface area contributed by atoms with E-state index in [4.69, 9.17) is 9.88 Å². The lowest BCUT2D eigenvalue weighted by Crippen LogP contribution is -2.14. The molecule has 0 aliphatic carbocycles. The Labute approximate surface area is 165 Å². The summed E-state index contributed by atoms with van der Waals surface area (Å²) in [4.78, 5) is 15.4. The van der Waals surface area contributed by atoms with E-state index in [2.05, 4.69) is 4.98 Å². The lowest BCUT2D eigenvalue weighted by Gasteiger charge is -2.16. The van der Waals surface area contributed by atoms with Gasteiger partial charge in [0.1, 0.15) is 10.4 Å². The minimum Gasteiger partial charge on any atom is -0.496 e.